The maximum atomic E-state index is 14.3. The van der Waals surface area contributed by atoms with Crippen LogP contribution in [0.3, 0.4) is 0 Å². The number of carbonyl (C=O) groups is 1. The van der Waals surface area contributed by atoms with Crippen LogP contribution in [0.15, 0.2) is 65.6 Å². The fourth-order valence-corrected chi connectivity index (χ4v) is 4.53. The van der Waals surface area contributed by atoms with Gasteiger partial charge in [0.1, 0.15) is 18.2 Å². The summed E-state index contributed by atoms with van der Waals surface area (Å²) in [5.41, 5.74) is 3.02. The number of amides is 1. The van der Waals surface area contributed by atoms with Crippen LogP contribution in [0.25, 0.3) is 0 Å². The first kappa shape index (κ1) is 24.4. The lowest BCUT2D eigenvalue weighted by Gasteiger charge is -2.13. The Labute approximate surface area is 193 Å². The lowest BCUT2D eigenvalue weighted by Crippen LogP contribution is -2.30. The molecule has 0 fully saturated rings. The van der Waals surface area contributed by atoms with Crippen molar-refractivity contribution in [2.24, 2.45) is 0 Å². The molecule has 0 aliphatic heterocycles. The number of rotatable bonds is 8. The van der Waals surface area contributed by atoms with Gasteiger partial charge in [-0.05, 0) is 75.2 Å². The number of hydrogen-bond donors (Lipinski definition) is 2. The summed E-state index contributed by atoms with van der Waals surface area (Å²) in [6.45, 7) is 7.56. The van der Waals surface area contributed by atoms with Crippen molar-refractivity contribution < 1.29 is 22.3 Å². The minimum Gasteiger partial charge on any atom is -0.489 e. The van der Waals surface area contributed by atoms with Gasteiger partial charge in [-0.1, -0.05) is 29.8 Å². The van der Waals surface area contributed by atoms with Gasteiger partial charge in [0.25, 0.3) is 5.91 Å². The minimum atomic E-state index is -3.86. The summed E-state index contributed by atoms with van der Waals surface area (Å²) in [4.78, 5) is 12.5. The van der Waals surface area contributed by atoms with E-state index in [1.54, 1.807) is 39.0 Å². The normalized spacial score (nSPS) is 11.5. The molecule has 0 saturated carbocycles. The number of hydrogen-bond acceptors (Lipinski definition) is 4. The molecule has 0 saturated heterocycles. The maximum Gasteiger partial charge on any atom is 0.258 e. The fraction of sp³-hybridized carbons (Fsp3) is 0.240. The van der Waals surface area contributed by atoms with Crippen LogP contribution in [0.5, 0.6) is 5.75 Å². The number of ether oxygens (including phenoxy) is 1. The average Bonchev–Trinajstić information content (AvgIpc) is 2.73. The zero-order chi connectivity index (χ0) is 24.2. The summed E-state index contributed by atoms with van der Waals surface area (Å²) in [5, 5.41) is 2.65. The lowest BCUT2D eigenvalue weighted by molar-refractivity contribution is 0.102. The van der Waals surface area contributed by atoms with E-state index in [0.29, 0.717) is 18.0 Å². The van der Waals surface area contributed by atoms with Crippen molar-refractivity contribution >= 4 is 21.6 Å². The van der Waals surface area contributed by atoms with Gasteiger partial charge >= 0.3 is 0 Å². The summed E-state index contributed by atoms with van der Waals surface area (Å²) in [5.74, 6) is -0.927. The Kier molecular flexibility index (Phi) is 7.50. The standard InChI is InChI=1S/C25H27FN2O4S/c1-16(2)28-33(30,31)21-9-10-23(26)22(14-21)25(29)27-24-11-8-20(13-18(24)4)32-15-19-7-5-6-17(3)12-19/h5-14,16,28H,15H2,1-4H3,(H,27,29). The SMILES string of the molecule is Cc1cccc(COc2ccc(NC(=O)c3cc(S(=O)(=O)NC(C)C)ccc3F)c(C)c2)c1. The molecule has 3 rings (SSSR count). The molecular formula is C25H27FN2O4S. The van der Waals surface area contributed by atoms with Crippen LogP contribution in [0, 0.1) is 19.7 Å². The Morgan fingerprint density at radius 3 is 2.45 bits per heavy atom. The van der Waals surface area contributed by atoms with Crippen molar-refractivity contribution in [3.05, 3.63) is 88.7 Å². The second kappa shape index (κ2) is 10.1. The molecule has 0 unspecified atom stereocenters. The van der Waals surface area contributed by atoms with Crippen LogP contribution >= 0.6 is 0 Å². The zero-order valence-electron chi connectivity index (χ0n) is 19.0. The number of nitrogens with one attached hydrogen (secondary N) is 2. The predicted molar refractivity (Wildman–Crippen MR) is 127 cm³/mol. The van der Waals surface area contributed by atoms with Crippen LogP contribution in [0.4, 0.5) is 10.1 Å². The third-order valence-corrected chi connectivity index (χ3v) is 6.47. The Hall–Kier alpha value is -3.23. The van der Waals surface area contributed by atoms with Gasteiger partial charge in [0.15, 0.2) is 0 Å². The smallest absolute Gasteiger partial charge is 0.258 e. The molecule has 8 heteroatoms. The topological polar surface area (TPSA) is 84.5 Å². The molecule has 0 aliphatic rings. The van der Waals surface area contributed by atoms with Crippen molar-refractivity contribution in [1.82, 2.24) is 4.72 Å². The molecule has 0 radical (unpaired) electrons. The van der Waals surface area contributed by atoms with E-state index in [4.69, 9.17) is 4.74 Å². The van der Waals surface area contributed by atoms with Gasteiger partial charge in [-0.25, -0.2) is 17.5 Å². The molecule has 1 amide bonds. The predicted octanol–water partition coefficient (Wildman–Crippen LogP) is 4.96. The van der Waals surface area contributed by atoms with E-state index in [1.165, 1.54) is 0 Å². The van der Waals surface area contributed by atoms with Crippen LogP contribution in [0.1, 0.15) is 40.9 Å². The second-order valence-corrected chi connectivity index (χ2v) is 9.84. The van der Waals surface area contributed by atoms with E-state index in [2.05, 4.69) is 10.0 Å². The van der Waals surface area contributed by atoms with Crippen molar-refractivity contribution in [2.45, 2.75) is 45.2 Å². The van der Waals surface area contributed by atoms with Crippen LogP contribution < -0.4 is 14.8 Å². The van der Waals surface area contributed by atoms with Crippen molar-refractivity contribution in [2.75, 3.05) is 5.32 Å². The molecule has 0 bridgehead atoms. The van der Waals surface area contributed by atoms with E-state index in [1.807, 2.05) is 31.2 Å². The molecule has 0 atom stereocenters. The van der Waals surface area contributed by atoms with E-state index in [9.17, 15) is 17.6 Å². The molecule has 0 heterocycles. The molecule has 174 valence electrons. The Balaban J connectivity index is 1.74. The fourth-order valence-electron chi connectivity index (χ4n) is 3.25. The van der Waals surface area contributed by atoms with Crippen molar-refractivity contribution in [3.63, 3.8) is 0 Å². The first-order valence-corrected chi connectivity index (χ1v) is 12.0. The summed E-state index contributed by atoms with van der Waals surface area (Å²) >= 11 is 0. The van der Waals surface area contributed by atoms with Crippen LogP contribution in [-0.4, -0.2) is 20.4 Å². The molecule has 6 nitrogen and oxygen atoms in total. The number of halogens is 1. The largest absolute Gasteiger partial charge is 0.489 e. The van der Waals surface area contributed by atoms with Crippen LogP contribution in [0.2, 0.25) is 0 Å². The van der Waals surface area contributed by atoms with Gasteiger partial charge < -0.3 is 10.1 Å². The van der Waals surface area contributed by atoms with E-state index in [0.717, 1.165) is 34.9 Å². The molecule has 0 aromatic heterocycles. The summed E-state index contributed by atoms with van der Waals surface area (Å²) in [6.07, 6.45) is 0. The highest BCUT2D eigenvalue weighted by Crippen LogP contribution is 2.24. The van der Waals surface area contributed by atoms with Gasteiger partial charge in [-0.3, -0.25) is 4.79 Å². The van der Waals surface area contributed by atoms with Gasteiger partial charge in [0.2, 0.25) is 10.0 Å². The quantitative estimate of drug-likeness (QED) is 0.487. The first-order chi connectivity index (χ1) is 15.5. The zero-order valence-corrected chi connectivity index (χ0v) is 19.8. The third kappa shape index (κ3) is 6.40. The highest BCUT2D eigenvalue weighted by atomic mass is 32.2. The summed E-state index contributed by atoms with van der Waals surface area (Å²) in [7, 11) is -3.86. The van der Waals surface area contributed by atoms with Gasteiger partial charge in [0, 0.05) is 11.7 Å². The highest BCUT2D eigenvalue weighted by Gasteiger charge is 2.20. The van der Waals surface area contributed by atoms with E-state index in [-0.39, 0.29) is 16.5 Å². The summed E-state index contributed by atoms with van der Waals surface area (Å²) < 4.78 is 47.3. The van der Waals surface area contributed by atoms with Gasteiger partial charge in [0.05, 0.1) is 10.5 Å². The third-order valence-electron chi connectivity index (χ3n) is 4.82. The monoisotopic (exact) mass is 470 g/mol. The first-order valence-electron chi connectivity index (χ1n) is 10.5. The molecule has 3 aromatic carbocycles. The van der Waals surface area contributed by atoms with E-state index >= 15 is 0 Å². The Morgan fingerprint density at radius 1 is 1.03 bits per heavy atom. The van der Waals surface area contributed by atoms with Crippen LogP contribution in [-0.2, 0) is 16.6 Å². The number of aryl methyl sites for hydroxylation is 2. The Bertz CT molecular complexity index is 1270. The molecule has 0 aliphatic carbocycles. The second-order valence-electron chi connectivity index (χ2n) is 8.13. The van der Waals surface area contributed by atoms with Crippen molar-refractivity contribution in [1.29, 1.82) is 0 Å². The maximum absolute atomic E-state index is 14.3. The average molecular weight is 471 g/mol. The molecular weight excluding hydrogens is 443 g/mol. The van der Waals surface area contributed by atoms with Crippen molar-refractivity contribution in [3.8, 4) is 5.75 Å². The van der Waals surface area contributed by atoms with Gasteiger partial charge in [-0.2, -0.15) is 0 Å². The number of benzene rings is 3. The number of carbonyl (C=O) groups excluding carboxylic acids is 1. The van der Waals surface area contributed by atoms with Gasteiger partial charge in [-0.15, -0.1) is 0 Å². The minimum absolute atomic E-state index is 0.181. The highest BCUT2D eigenvalue weighted by molar-refractivity contribution is 7.89. The summed E-state index contributed by atoms with van der Waals surface area (Å²) in [6, 6.07) is 15.9. The molecule has 2 N–H and O–H groups in total. The Morgan fingerprint density at radius 2 is 1.79 bits per heavy atom. The molecule has 33 heavy (non-hydrogen) atoms. The lowest BCUT2D eigenvalue weighted by atomic mass is 10.1. The number of anilines is 1. The van der Waals surface area contributed by atoms with E-state index < -0.39 is 21.7 Å². The number of sulfonamides is 1. The molecule has 0 spiro atoms. The molecule has 3 aromatic rings.